The molecule has 0 saturated heterocycles. The monoisotopic (exact) mass is 1490 g/mol. The van der Waals surface area contributed by atoms with Gasteiger partial charge in [-0.05, 0) is 106 Å². The van der Waals surface area contributed by atoms with E-state index in [-0.39, 0.29) is 82.0 Å². The van der Waals surface area contributed by atoms with E-state index in [0.717, 1.165) is 100.0 Å². The molecule has 0 unspecified atom stereocenters. The summed E-state index contributed by atoms with van der Waals surface area (Å²) in [5.41, 5.74) is 17.9. The molecule has 12 rings (SSSR count). The number of para-hydroxylation sites is 4. The van der Waals surface area contributed by atoms with Gasteiger partial charge in [0.1, 0.15) is 5.82 Å². The maximum absolute atomic E-state index is 4.96. The van der Waals surface area contributed by atoms with E-state index in [1.807, 2.05) is 54.6 Å². The van der Waals surface area contributed by atoms with Crippen LogP contribution >= 0.6 is 0 Å². The van der Waals surface area contributed by atoms with Crippen molar-refractivity contribution < 1.29 is 60.3 Å². The zero-order chi connectivity index (χ0) is 48.9. The van der Waals surface area contributed by atoms with Crippen LogP contribution in [0.5, 0.6) is 0 Å². The summed E-state index contributed by atoms with van der Waals surface area (Å²) in [5, 5.41) is 2.94. The summed E-state index contributed by atoms with van der Waals surface area (Å²) in [6.07, 6.45) is 2.06. The van der Waals surface area contributed by atoms with Crippen molar-refractivity contribution in [1.29, 1.82) is 0 Å². The average molecular weight is 1480 g/mol. The Kier molecular flexibility index (Phi) is 15.0. The molecule has 12 aromatic rings. The summed E-state index contributed by atoms with van der Waals surface area (Å²) in [4.78, 5) is 29.2. The predicted octanol–water partition coefficient (Wildman–Crippen LogP) is 14.3. The first kappa shape index (κ1) is 54.5. The Bertz CT molecular complexity index is 3990. The molecule has 12 heteroatoms. The van der Waals surface area contributed by atoms with Gasteiger partial charge in [-0.3, -0.25) is 19.9 Å². The largest absolute Gasteiger partial charge is 0.348 e. The summed E-state index contributed by atoms with van der Waals surface area (Å²) < 4.78 is 6.58. The zero-order valence-electron chi connectivity index (χ0n) is 43.4. The van der Waals surface area contributed by atoms with E-state index < -0.39 is 0 Å². The smallest absolute Gasteiger partial charge is 0.102 e. The third-order valence-electron chi connectivity index (χ3n) is 12.9. The summed E-state index contributed by atoms with van der Waals surface area (Å²) >= 11 is 0. The number of benzene rings is 4. The number of aromatic nitrogens is 9. The average Bonchev–Trinajstić information content (AvgIpc) is 3.99. The number of hydrogen-bond acceptors (Lipinski definition) is 6. The number of imidazole rings is 3. The van der Waals surface area contributed by atoms with Gasteiger partial charge < -0.3 is 23.2 Å². The van der Waals surface area contributed by atoms with Gasteiger partial charge in [-0.25, -0.2) is 0 Å². The van der Waals surface area contributed by atoms with Gasteiger partial charge in [-0.1, -0.05) is 136 Å². The molecule has 4 aromatic carbocycles. The first-order chi connectivity index (χ1) is 32.6. The maximum atomic E-state index is 4.96. The van der Waals surface area contributed by atoms with Crippen molar-refractivity contribution in [3.63, 3.8) is 0 Å². The molecular formula is C60H60Ir3N9-3. The SMILES string of the molecule is CC(C)(C)c1c[c-]c2c(cc(C(C)(C)C)n3c4ccccc4nc23)n1.CC(C)(C)c1nc2ccc[c-]c2c2nc3ccccc3n12.Cc1cc2nc3c4[c-]cc(C(C)(C)C)nc4ccn3c2cc1C.[Ir].[Ir].[Ir]. The van der Waals surface area contributed by atoms with Crippen LogP contribution in [-0.4, -0.2) is 43.1 Å². The number of rotatable bonds is 0. The summed E-state index contributed by atoms with van der Waals surface area (Å²) in [6.45, 7) is 30.6. The Morgan fingerprint density at radius 3 is 1.47 bits per heavy atom. The first-order valence-electron chi connectivity index (χ1n) is 23.9. The molecule has 0 atom stereocenters. The Labute approximate surface area is 462 Å². The molecule has 0 aliphatic rings. The van der Waals surface area contributed by atoms with E-state index in [4.69, 9.17) is 29.9 Å². The number of nitrogens with zero attached hydrogens (tertiary/aromatic N) is 9. The fourth-order valence-electron chi connectivity index (χ4n) is 9.00. The quantitative estimate of drug-likeness (QED) is 0.141. The molecule has 0 bridgehead atoms. The molecule has 375 valence electrons. The molecule has 72 heavy (non-hydrogen) atoms. The van der Waals surface area contributed by atoms with Crippen LogP contribution in [0.15, 0.2) is 109 Å². The van der Waals surface area contributed by atoms with Gasteiger partial charge in [-0.2, -0.15) is 0 Å². The molecule has 0 aliphatic heterocycles. The number of pyridine rings is 4. The van der Waals surface area contributed by atoms with Crippen molar-refractivity contribution in [1.82, 2.24) is 43.1 Å². The van der Waals surface area contributed by atoms with Gasteiger partial charge in [0.2, 0.25) is 0 Å². The molecule has 0 spiro atoms. The normalized spacial score (nSPS) is 12.2. The number of hydrogen-bond donors (Lipinski definition) is 0. The standard InChI is InChI=1S/C22H24N3.C20H20N3.C18H16N3.3Ir/c1-21(2,3)18-12-11-14-16(23-18)13-19(22(4,5)6)25-17-10-8-7-9-15(17)24-20(14)25;1-12-10-16-17(11-13(12)2)23-9-8-15-14(19(23)22-16)6-7-18(21-15)20(3,4)5;1-18(2,3)17-20-13-9-5-4-8-12(13)16-19-14-10-6-7-11-15(14)21(16)17;;;/h7-10,12-13H,1-6H3;7-11H,1-5H3;4-7,9-11H,1-3H3;;;/q3*-1;;;. The Morgan fingerprint density at radius 2 is 0.889 bits per heavy atom. The summed E-state index contributed by atoms with van der Waals surface area (Å²) in [7, 11) is 0. The fraction of sp³-hybridized carbons (Fsp3) is 0.300. The molecule has 0 saturated carbocycles. The molecule has 0 fully saturated rings. The van der Waals surface area contributed by atoms with E-state index in [9.17, 15) is 0 Å². The van der Waals surface area contributed by atoms with Crippen molar-refractivity contribution in [2.75, 3.05) is 0 Å². The number of aryl methyl sites for hydroxylation is 2. The fourth-order valence-corrected chi connectivity index (χ4v) is 9.00. The van der Waals surface area contributed by atoms with E-state index in [2.05, 4.69) is 183 Å². The molecule has 0 N–H and O–H groups in total. The Morgan fingerprint density at radius 1 is 0.403 bits per heavy atom. The molecule has 8 heterocycles. The first-order valence-corrected chi connectivity index (χ1v) is 23.9. The van der Waals surface area contributed by atoms with E-state index in [1.165, 1.54) is 16.8 Å². The van der Waals surface area contributed by atoms with Crippen LogP contribution in [0, 0.1) is 32.0 Å². The maximum Gasteiger partial charge on any atom is 0.102 e. The molecular weight excluding hydrogens is 1420 g/mol. The minimum absolute atomic E-state index is 0. The van der Waals surface area contributed by atoms with Crippen LogP contribution in [0.4, 0.5) is 0 Å². The van der Waals surface area contributed by atoms with Crippen LogP contribution in [0.2, 0.25) is 0 Å². The van der Waals surface area contributed by atoms with Crippen molar-refractivity contribution >= 4 is 82.8 Å². The Balaban J connectivity index is 0.000000156. The third-order valence-corrected chi connectivity index (χ3v) is 12.9. The Hall–Kier alpha value is -5.31. The second kappa shape index (κ2) is 19.8. The minimum Gasteiger partial charge on any atom is -0.348 e. The number of fused-ring (bicyclic) bond motifs is 15. The van der Waals surface area contributed by atoms with Crippen molar-refractivity contribution in [3.05, 3.63) is 162 Å². The van der Waals surface area contributed by atoms with Gasteiger partial charge in [0, 0.05) is 76.8 Å². The van der Waals surface area contributed by atoms with Crippen molar-refractivity contribution in [2.24, 2.45) is 0 Å². The van der Waals surface area contributed by atoms with Crippen LogP contribution in [0.25, 0.3) is 82.8 Å². The van der Waals surface area contributed by atoms with Gasteiger partial charge in [-0.15, -0.1) is 48.5 Å². The van der Waals surface area contributed by atoms with Gasteiger partial charge >= 0.3 is 0 Å². The third kappa shape index (κ3) is 9.91. The van der Waals surface area contributed by atoms with Crippen molar-refractivity contribution in [3.8, 4) is 0 Å². The van der Waals surface area contributed by atoms with Crippen LogP contribution in [0.1, 0.15) is 117 Å². The predicted molar refractivity (Wildman–Crippen MR) is 285 cm³/mol. The van der Waals surface area contributed by atoms with E-state index in [0.29, 0.717) is 0 Å². The molecule has 8 aromatic heterocycles. The van der Waals surface area contributed by atoms with E-state index >= 15 is 0 Å². The topological polar surface area (TPSA) is 90.6 Å². The van der Waals surface area contributed by atoms with Crippen molar-refractivity contribution in [2.45, 2.75) is 119 Å². The zero-order valence-corrected chi connectivity index (χ0v) is 50.6. The second-order valence-electron chi connectivity index (χ2n) is 22.6. The van der Waals surface area contributed by atoms with Gasteiger partial charge in [0.15, 0.2) is 0 Å². The van der Waals surface area contributed by atoms with E-state index in [1.54, 1.807) is 0 Å². The van der Waals surface area contributed by atoms with Crippen LogP contribution in [0.3, 0.4) is 0 Å². The molecule has 9 nitrogen and oxygen atoms in total. The van der Waals surface area contributed by atoms with Gasteiger partial charge in [0.25, 0.3) is 0 Å². The summed E-state index contributed by atoms with van der Waals surface area (Å²) in [6, 6.07) is 45.2. The van der Waals surface area contributed by atoms with Gasteiger partial charge in [0.05, 0.1) is 50.0 Å². The van der Waals surface area contributed by atoms with Crippen LogP contribution < -0.4 is 0 Å². The summed E-state index contributed by atoms with van der Waals surface area (Å²) in [5.74, 6) is 1.03. The second-order valence-corrected chi connectivity index (χ2v) is 22.6. The van der Waals surface area contributed by atoms with Crippen LogP contribution in [-0.2, 0) is 82.0 Å². The minimum atomic E-state index is -0.0637. The molecule has 0 aliphatic carbocycles. The molecule has 3 radical (unpaired) electrons. The molecule has 0 amide bonds.